The Morgan fingerprint density at radius 2 is 1.77 bits per heavy atom. The monoisotopic (exact) mass is 325 g/mol. The molecule has 0 fully saturated rings. The molecule has 22 heavy (non-hydrogen) atoms. The molecule has 0 saturated carbocycles. The van der Waals surface area contributed by atoms with Gasteiger partial charge in [0, 0.05) is 44.5 Å². The molecule has 0 aliphatic rings. The predicted octanol–water partition coefficient (Wildman–Crippen LogP) is 1.76. The van der Waals surface area contributed by atoms with Crippen molar-refractivity contribution in [3.63, 3.8) is 0 Å². The van der Waals surface area contributed by atoms with Crippen LogP contribution in [0.2, 0.25) is 5.02 Å². The van der Waals surface area contributed by atoms with Crippen LogP contribution in [0.25, 0.3) is 0 Å². The molecule has 1 aromatic rings. The summed E-state index contributed by atoms with van der Waals surface area (Å²) in [6, 6.07) is 7.49. The Labute approximate surface area is 137 Å². The van der Waals surface area contributed by atoms with E-state index in [0.29, 0.717) is 31.1 Å². The lowest BCUT2D eigenvalue weighted by Crippen LogP contribution is -2.37. The van der Waals surface area contributed by atoms with Gasteiger partial charge in [-0.3, -0.25) is 9.59 Å². The molecule has 0 bridgehead atoms. The van der Waals surface area contributed by atoms with Crippen LogP contribution < -0.4 is 5.32 Å². The largest absolute Gasteiger partial charge is 0.356 e. The molecule has 2 amide bonds. The highest BCUT2D eigenvalue weighted by Crippen LogP contribution is 2.12. The summed E-state index contributed by atoms with van der Waals surface area (Å²) in [7, 11) is 3.95. The number of carbonyl (C=O) groups is 2. The smallest absolute Gasteiger partial charge is 0.224 e. The Kier molecular flexibility index (Phi) is 7.91. The summed E-state index contributed by atoms with van der Waals surface area (Å²) >= 11 is 5.88. The molecule has 0 aliphatic heterocycles. The van der Waals surface area contributed by atoms with E-state index in [1.165, 1.54) is 6.92 Å². The van der Waals surface area contributed by atoms with Crippen LogP contribution in [0.3, 0.4) is 0 Å². The topological polar surface area (TPSA) is 52.7 Å². The molecule has 6 heteroatoms. The molecule has 0 radical (unpaired) electrons. The fraction of sp³-hybridized carbons (Fsp3) is 0.500. The second-order valence-corrected chi connectivity index (χ2v) is 5.91. The molecule has 0 heterocycles. The molecular formula is C16H24ClN3O2. The minimum atomic E-state index is -0.120. The maximum atomic E-state index is 12.3. The molecule has 0 unspecified atom stereocenters. The molecule has 0 saturated heterocycles. The zero-order chi connectivity index (χ0) is 16.5. The zero-order valence-corrected chi connectivity index (χ0v) is 14.2. The normalized spacial score (nSPS) is 10.6. The molecule has 1 aromatic carbocycles. The summed E-state index contributed by atoms with van der Waals surface area (Å²) in [5, 5.41) is 3.33. The maximum absolute atomic E-state index is 12.3. The summed E-state index contributed by atoms with van der Waals surface area (Å²) in [4.78, 5) is 27.1. The van der Waals surface area contributed by atoms with Gasteiger partial charge < -0.3 is 15.1 Å². The molecule has 5 nitrogen and oxygen atoms in total. The van der Waals surface area contributed by atoms with E-state index in [9.17, 15) is 9.59 Å². The first-order valence-electron chi connectivity index (χ1n) is 7.30. The molecule has 122 valence electrons. The third-order valence-corrected chi connectivity index (χ3v) is 3.42. The highest BCUT2D eigenvalue weighted by molar-refractivity contribution is 6.30. The molecule has 1 rings (SSSR count). The van der Waals surface area contributed by atoms with Crippen molar-refractivity contribution in [1.82, 2.24) is 15.1 Å². The highest BCUT2D eigenvalue weighted by Gasteiger charge is 2.14. The number of benzene rings is 1. The van der Waals surface area contributed by atoms with E-state index in [0.717, 1.165) is 12.1 Å². The Bertz CT molecular complexity index is 489. The van der Waals surface area contributed by atoms with Crippen molar-refractivity contribution in [1.29, 1.82) is 0 Å². The Morgan fingerprint density at radius 1 is 1.14 bits per heavy atom. The minimum Gasteiger partial charge on any atom is -0.356 e. The Morgan fingerprint density at radius 3 is 2.32 bits per heavy atom. The van der Waals surface area contributed by atoms with Gasteiger partial charge in [0.15, 0.2) is 0 Å². The first-order valence-corrected chi connectivity index (χ1v) is 7.67. The summed E-state index contributed by atoms with van der Waals surface area (Å²) in [6.07, 6.45) is 0.306. The zero-order valence-electron chi connectivity index (χ0n) is 13.4. The van der Waals surface area contributed by atoms with E-state index in [1.54, 1.807) is 0 Å². The number of likely N-dealkylation sites (N-methyl/N-ethyl adjacent to an activating group) is 1. The summed E-state index contributed by atoms with van der Waals surface area (Å²) in [5.41, 5.74) is 1.04. The maximum Gasteiger partial charge on any atom is 0.224 e. The lowest BCUT2D eigenvalue weighted by Gasteiger charge is -2.24. The van der Waals surface area contributed by atoms with Crippen LogP contribution in [0.15, 0.2) is 24.3 Å². The second-order valence-electron chi connectivity index (χ2n) is 5.48. The minimum absolute atomic E-state index is 0.0329. The summed E-state index contributed by atoms with van der Waals surface area (Å²) < 4.78 is 0. The van der Waals surface area contributed by atoms with Gasteiger partial charge >= 0.3 is 0 Å². The molecule has 0 aliphatic carbocycles. The standard InChI is InChI=1S/C16H24ClN3O2/c1-13(21)18-9-8-16(22)20(11-10-19(2)3)12-14-4-6-15(17)7-5-14/h4-7H,8-12H2,1-3H3,(H,18,21). The van der Waals surface area contributed by atoms with Crippen LogP contribution in [0.1, 0.15) is 18.9 Å². The second kappa shape index (κ2) is 9.43. The third kappa shape index (κ3) is 7.43. The fourth-order valence-corrected chi connectivity index (χ4v) is 2.05. The van der Waals surface area contributed by atoms with E-state index in [2.05, 4.69) is 5.32 Å². The molecule has 0 atom stereocenters. The van der Waals surface area contributed by atoms with Crippen LogP contribution in [-0.4, -0.2) is 55.3 Å². The van der Waals surface area contributed by atoms with E-state index in [-0.39, 0.29) is 11.8 Å². The van der Waals surface area contributed by atoms with Crippen molar-refractivity contribution in [3.8, 4) is 0 Å². The quantitative estimate of drug-likeness (QED) is 0.792. The van der Waals surface area contributed by atoms with Gasteiger partial charge in [-0.05, 0) is 31.8 Å². The van der Waals surface area contributed by atoms with Crippen LogP contribution in [-0.2, 0) is 16.1 Å². The van der Waals surface area contributed by atoms with E-state index in [1.807, 2.05) is 48.2 Å². The van der Waals surface area contributed by atoms with Crippen LogP contribution in [0.5, 0.6) is 0 Å². The Balaban J connectivity index is 2.63. The van der Waals surface area contributed by atoms with Crippen molar-refractivity contribution in [2.24, 2.45) is 0 Å². The number of nitrogens with one attached hydrogen (secondary N) is 1. The van der Waals surface area contributed by atoms with Gasteiger partial charge in [0.05, 0.1) is 0 Å². The van der Waals surface area contributed by atoms with Crippen molar-refractivity contribution < 1.29 is 9.59 Å². The average molecular weight is 326 g/mol. The number of hydrogen-bond acceptors (Lipinski definition) is 3. The number of amides is 2. The molecule has 0 spiro atoms. The lowest BCUT2D eigenvalue weighted by atomic mass is 10.2. The molecule has 0 aromatic heterocycles. The van der Waals surface area contributed by atoms with Crippen LogP contribution >= 0.6 is 11.6 Å². The molecular weight excluding hydrogens is 302 g/mol. The number of rotatable bonds is 8. The van der Waals surface area contributed by atoms with Crippen molar-refractivity contribution in [2.45, 2.75) is 19.9 Å². The Hall–Kier alpha value is -1.59. The van der Waals surface area contributed by atoms with Gasteiger partial charge in [-0.15, -0.1) is 0 Å². The van der Waals surface area contributed by atoms with Crippen LogP contribution in [0, 0.1) is 0 Å². The van der Waals surface area contributed by atoms with Crippen molar-refractivity contribution in [2.75, 3.05) is 33.7 Å². The third-order valence-electron chi connectivity index (χ3n) is 3.17. The summed E-state index contributed by atoms with van der Waals surface area (Å²) in [6.45, 7) is 3.80. The number of hydrogen-bond donors (Lipinski definition) is 1. The fourth-order valence-electron chi connectivity index (χ4n) is 1.93. The van der Waals surface area contributed by atoms with Gasteiger partial charge in [0.2, 0.25) is 11.8 Å². The van der Waals surface area contributed by atoms with Gasteiger partial charge in [0.1, 0.15) is 0 Å². The number of carbonyl (C=O) groups excluding carboxylic acids is 2. The SMILES string of the molecule is CC(=O)NCCC(=O)N(CCN(C)C)Cc1ccc(Cl)cc1. The van der Waals surface area contributed by atoms with Gasteiger partial charge in [-0.25, -0.2) is 0 Å². The van der Waals surface area contributed by atoms with Gasteiger partial charge in [-0.1, -0.05) is 23.7 Å². The number of halogens is 1. The average Bonchev–Trinajstić information content (AvgIpc) is 2.44. The van der Waals surface area contributed by atoms with E-state index < -0.39 is 0 Å². The van der Waals surface area contributed by atoms with Crippen molar-refractivity contribution >= 4 is 23.4 Å². The highest BCUT2D eigenvalue weighted by atomic mass is 35.5. The van der Waals surface area contributed by atoms with Gasteiger partial charge in [-0.2, -0.15) is 0 Å². The first kappa shape index (κ1) is 18.5. The van der Waals surface area contributed by atoms with Crippen LogP contribution in [0.4, 0.5) is 0 Å². The van der Waals surface area contributed by atoms with E-state index >= 15 is 0 Å². The number of nitrogens with zero attached hydrogens (tertiary/aromatic N) is 2. The first-order chi connectivity index (χ1) is 10.4. The van der Waals surface area contributed by atoms with Crippen molar-refractivity contribution in [3.05, 3.63) is 34.9 Å². The molecule has 1 N–H and O–H groups in total. The lowest BCUT2D eigenvalue weighted by molar-refractivity contribution is -0.132. The van der Waals surface area contributed by atoms with Gasteiger partial charge in [0.25, 0.3) is 0 Å². The predicted molar refractivity (Wildman–Crippen MR) is 88.7 cm³/mol. The summed E-state index contributed by atoms with van der Waals surface area (Å²) in [5.74, 6) is -0.0871. The van der Waals surface area contributed by atoms with E-state index in [4.69, 9.17) is 11.6 Å².